The molecule has 3 aromatic rings. The van der Waals surface area contributed by atoms with Crippen molar-refractivity contribution in [3.05, 3.63) is 48.2 Å². The first-order chi connectivity index (χ1) is 13.0. The summed E-state index contributed by atoms with van der Waals surface area (Å²) in [6.45, 7) is 1.65. The van der Waals surface area contributed by atoms with Crippen LogP contribution in [-0.2, 0) is 13.9 Å². The normalized spacial score (nSPS) is 12.7. The molecule has 0 saturated carbocycles. The van der Waals surface area contributed by atoms with Crippen molar-refractivity contribution in [1.82, 2.24) is 4.98 Å². The molecule has 0 bridgehead atoms. The van der Waals surface area contributed by atoms with Crippen LogP contribution in [0.3, 0.4) is 0 Å². The van der Waals surface area contributed by atoms with Crippen molar-refractivity contribution in [2.45, 2.75) is 11.8 Å². The number of benzene rings is 2. The zero-order chi connectivity index (χ0) is 20.7. The van der Waals surface area contributed by atoms with Crippen LogP contribution in [0.4, 0.5) is 11.4 Å². The molecule has 28 heavy (non-hydrogen) atoms. The van der Waals surface area contributed by atoms with Crippen molar-refractivity contribution in [3.63, 3.8) is 0 Å². The second-order valence-corrected chi connectivity index (χ2v) is 10.5. The van der Waals surface area contributed by atoms with Crippen LogP contribution in [0, 0.1) is 6.92 Å². The molecule has 0 unspecified atom stereocenters. The van der Waals surface area contributed by atoms with E-state index in [0.29, 0.717) is 5.56 Å². The zero-order valence-electron chi connectivity index (χ0n) is 14.3. The summed E-state index contributed by atoms with van der Waals surface area (Å²) in [5, 5.41) is 17.8. The van der Waals surface area contributed by atoms with E-state index in [9.17, 15) is 30.0 Å². The van der Waals surface area contributed by atoms with Crippen LogP contribution in [-0.4, -0.2) is 45.4 Å². The second kappa shape index (κ2) is 7.12. The van der Waals surface area contributed by atoms with E-state index in [1.165, 1.54) is 30.5 Å². The van der Waals surface area contributed by atoms with Crippen molar-refractivity contribution >= 4 is 50.9 Å². The van der Waals surface area contributed by atoms with Gasteiger partial charge in [-0.3, -0.25) is 0 Å². The predicted octanol–water partition coefficient (Wildman–Crippen LogP) is 1.47. The number of phenols is 1. The number of rotatable bonds is 4. The molecular formula is C16H14AsN3O7S. The Bertz CT molecular complexity index is 1270. The molecule has 10 nitrogen and oxygen atoms in total. The van der Waals surface area contributed by atoms with Crippen molar-refractivity contribution in [2.75, 3.05) is 0 Å². The molecule has 146 valence electrons. The molecule has 0 radical (unpaired) electrons. The Hall–Kier alpha value is -2.56. The van der Waals surface area contributed by atoms with E-state index in [0.717, 1.165) is 6.07 Å². The van der Waals surface area contributed by atoms with Crippen LogP contribution in [0.25, 0.3) is 10.9 Å². The van der Waals surface area contributed by atoms with E-state index < -0.39 is 34.9 Å². The third-order valence-electron chi connectivity index (χ3n) is 3.80. The SMILES string of the molecule is Cc1ccc(N=Nc2cc(S(=O)(=O)O)c3cccnc3c2O)c([As](=O)(O)O)c1. The number of hydrogen-bond acceptors (Lipinski definition) is 7. The van der Waals surface area contributed by atoms with Crippen LogP contribution in [0.5, 0.6) is 5.75 Å². The van der Waals surface area contributed by atoms with Crippen LogP contribution < -0.4 is 4.35 Å². The van der Waals surface area contributed by atoms with Gasteiger partial charge < -0.3 is 0 Å². The summed E-state index contributed by atoms with van der Waals surface area (Å²) < 4.78 is 63.3. The number of phenolic OH excluding ortho intramolecular Hbond substituents is 1. The van der Waals surface area contributed by atoms with Gasteiger partial charge in [0.25, 0.3) is 0 Å². The molecule has 0 spiro atoms. The van der Waals surface area contributed by atoms with Gasteiger partial charge in [-0.15, -0.1) is 0 Å². The Kier molecular flexibility index (Phi) is 5.13. The molecule has 4 N–H and O–H groups in total. The molecule has 3 rings (SSSR count). The van der Waals surface area contributed by atoms with E-state index >= 15 is 0 Å². The van der Waals surface area contributed by atoms with Gasteiger partial charge in [-0.05, 0) is 0 Å². The molecule has 0 saturated heterocycles. The van der Waals surface area contributed by atoms with Crippen molar-refractivity contribution < 1.29 is 30.0 Å². The Morgan fingerprint density at radius 1 is 1.07 bits per heavy atom. The van der Waals surface area contributed by atoms with Crippen molar-refractivity contribution in [2.24, 2.45) is 10.2 Å². The van der Waals surface area contributed by atoms with Gasteiger partial charge in [0.1, 0.15) is 0 Å². The molecule has 0 aliphatic heterocycles. The van der Waals surface area contributed by atoms with Gasteiger partial charge in [0.05, 0.1) is 0 Å². The Morgan fingerprint density at radius 3 is 2.39 bits per heavy atom. The van der Waals surface area contributed by atoms with Gasteiger partial charge in [-0.25, -0.2) is 0 Å². The van der Waals surface area contributed by atoms with Crippen LogP contribution in [0.2, 0.25) is 0 Å². The summed E-state index contributed by atoms with van der Waals surface area (Å²) >= 11 is -5.32. The molecule has 0 aliphatic rings. The second-order valence-electron chi connectivity index (χ2n) is 5.85. The van der Waals surface area contributed by atoms with Gasteiger partial charge in [0.2, 0.25) is 0 Å². The van der Waals surface area contributed by atoms with Gasteiger partial charge in [0, 0.05) is 0 Å². The average molecular weight is 467 g/mol. The number of fused-ring (bicyclic) bond motifs is 1. The molecule has 0 amide bonds. The maximum atomic E-state index is 11.7. The number of aryl methyl sites for hydroxylation is 1. The van der Waals surface area contributed by atoms with E-state index in [1.807, 2.05) is 0 Å². The first-order valence-electron chi connectivity index (χ1n) is 7.65. The molecule has 1 heterocycles. The topological polar surface area (TPSA) is 170 Å². The van der Waals surface area contributed by atoms with Crippen LogP contribution in [0.1, 0.15) is 5.56 Å². The van der Waals surface area contributed by atoms with E-state index in [4.69, 9.17) is 0 Å². The van der Waals surface area contributed by atoms with E-state index in [-0.39, 0.29) is 26.6 Å². The van der Waals surface area contributed by atoms with Crippen molar-refractivity contribution in [1.29, 1.82) is 0 Å². The zero-order valence-corrected chi connectivity index (χ0v) is 16.9. The minimum atomic E-state index is -5.32. The molecule has 2 aromatic carbocycles. The standard InChI is InChI=1S/C16H14AsN3O7S/c1-9-4-5-12(11(7-9)17(22,23)24)19-20-13-8-14(28(25,26)27)10-3-2-6-18-15(10)16(13)21/h2-8,21H,1H3,(H2,22,23,24)(H,25,26,27). The van der Waals surface area contributed by atoms with Crippen LogP contribution >= 0.6 is 0 Å². The first-order valence-corrected chi connectivity index (χ1v) is 12.5. The average Bonchev–Trinajstić information content (AvgIpc) is 2.60. The summed E-state index contributed by atoms with van der Waals surface area (Å²) in [4.78, 5) is 3.35. The first kappa shape index (κ1) is 20.2. The Balaban J connectivity index is 2.22. The van der Waals surface area contributed by atoms with E-state index in [2.05, 4.69) is 15.2 Å². The fourth-order valence-corrected chi connectivity index (χ4v) is 4.89. The predicted molar refractivity (Wildman–Crippen MR) is 99.1 cm³/mol. The summed E-state index contributed by atoms with van der Waals surface area (Å²) in [6.07, 6.45) is 1.31. The third-order valence-corrected chi connectivity index (χ3v) is 6.76. The quantitative estimate of drug-likeness (QED) is 0.254. The van der Waals surface area contributed by atoms with Gasteiger partial charge in [-0.2, -0.15) is 0 Å². The maximum absolute atomic E-state index is 11.7. The van der Waals surface area contributed by atoms with Gasteiger partial charge >= 0.3 is 162 Å². The fraction of sp³-hybridized carbons (Fsp3) is 0.0625. The molecule has 12 heteroatoms. The summed E-state index contributed by atoms with van der Waals surface area (Å²) in [7, 11) is -4.66. The Labute approximate surface area is 162 Å². The van der Waals surface area contributed by atoms with Gasteiger partial charge in [0.15, 0.2) is 0 Å². The molecule has 0 atom stereocenters. The number of hydrogen-bond donors (Lipinski definition) is 4. The summed E-state index contributed by atoms with van der Waals surface area (Å²) in [5.74, 6) is -0.498. The number of aromatic hydroxyl groups is 1. The van der Waals surface area contributed by atoms with Crippen LogP contribution in [0.15, 0.2) is 57.7 Å². The van der Waals surface area contributed by atoms with Gasteiger partial charge in [-0.1, -0.05) is 0 Å². The molecule has 0 aliphatic carbocycles. The monoisotopic (exact) mass is 467 g/mol. The molecule has 0 fully saturated rings. The van der Waals surface area contributed by atoms with Crippen molar-refractivity contribution in [3.8, 4) is 5.75 Å². The molecule has 1 aromatic heterocycles. The summed E-state index contributed by atoms with van der Waals surface area (Å²) in [5.41, 5.74) is -0.00438. The minimum absolute atomic E-state index is 0.0177. The number of pyridine rings is 1. The number of nitrogens with zero attached hydrogens (tertiary/aromatic N) is 3. The number of aromatic nitrogens is 1. The fourth-order valence-electron chi connectivity index (χ4n) is 2.53. The Morgan fingerprint density at radius 2 is 1.75 bits per heavy atom. The molecular weight excluding hydrogens is 453 g/mol. The summed E-state index contributed by atoms with van der Waals surface area (Å²) in [6, 6.07) is 7.86. The third kappa shape index (κ3) is 3.98. The number of azo groups is 1. The van der Waals surface area contributed by atoms with E-state index in [1.54, 1.807) is 13.0 Å².